The van der Waals surface area contributed by atoms with Gasteiger partial charge in [-0.3, -0.25) is 9.59 Å². The summed E-state index contributed by atoms with van der Waals surface area (Å²) in [6, 6.07) is 22.2. The minimum absolute atomic E-state index is 0.125. The molecule has 0 saturated carbocycles. The lowest BCUT2D eigenvalue weighted by Gasteiger charge is -2.12. The van der Waals surface area contributed by atoms with Crippen LogP contribution in [0.25, 0.3) is 10.9 Å². The fourth-order valence-electron chi connectivity index (χ4n) is 3.36. The lowest BCUT2D eigenvalue weighted by Crippen LogP contribution is -2.24. The van der Waals surface area contributed by atoms with Gasteiger partial charge in [-0.05, 0) is 62.4 Å². The number of hydrogen-bond donors (Lipinski definition) is 1. The summed E-state index contributed by atoms with van der Waals surface area (Å²) in [5.41, 5.74) is 2.26. The molecule has 4 aromatic rings. The van der Waals surface area contributed by atoms with Gasteiger partial charge in [0.1, 0.15) is 17.1 Å². The van der Waals surface area contributed by atoms with Gasteiger partial charge in [-0.15, -0.1) is 0 Å². The molecule has 1 heterocycles. The van der Waals surface area contributed by atoms with E-state index in [0.29, 0.717) is 23.4 Å². The molecule has 0 aliphatic carbocycles. The van der Waals surface area contributed by atoms with Gasteiger partial charge in [0, 0.05) is 23.8 Å². The number of para-hydroxylation sites is 1. The van der Waals surface area contributed by atoms with Crippen molar-refractivity contribution < 1.29 is 9.53 Å². The number of ether oxygens (including phenoxy) is 1. The maximum atomic E-state index is 12.9. The Hall–Kier alpha value is -3.86. The first-order chi connectivity index (χ1) is 14.5. The Balaban J connectivity index is 1.59. The van der Waals surface area contributed by atoms with Crippen LogP contribution in [0.4, 0.5) is 5.69 Å². The van der Waals surface area contributed by atoms with Gasteiger partial charge in [-0.1, -0.05) is 29.8 Å². The number of aromatic nitrogens is 1. The molecule has 1 amide bonds. The van der Waals surface area contributed by atoms with Crippen LogP contribution in [0, 0.1) is 6.92 Å². The number of pyridine rings is 1. The number of aryl methyl sites for hydroxylation is 2. The normalized spacial score (nSPS) is 10.7. The average Bonchev–Trinajstić information content (AvgIpc) is 2.76. The molecule has 3 aromatic carbocycles. The first kappa shape index (κ1) is 19.5. The Morgan fingerprint density at radius 3 is 2.37 bits per heavy atom. The zero-order chi connectivity index (χ0) is 21.1. The number of carbonyl (C=O) groups is 1. The number of fused-ring (bicyclic) bond motifs is 1. The largest absolute Gasteiger partial charge is 0.457 e. The van der Waals surface area contributed by atoms with Crippen molar-refractivity contribution in [1.82, 2.24) is 4.57 Å². The SMILES string of the molecule is CCn1cc(C(=O)Nc2ccc(Oc3ccccc3)cc2)c(=O)c2cc(C)ccc21. The highest BCUT2D eigenvalue weighted by Crippen LogP contribution is 2.23. The minimum Gasteiger partial charge on any atom is -0.457 e. The summed E-state index contributed by atoms with van der Waals surface area (Å²) in [7, 11) is 0. The van der Waals surface area contributed by atoms with Crippen LogP contribution in [-0.4, -0.2) is 10.5 Å². The highest BCUT2D eigenvalue weighted by atomic mass is 16.5. The molecule has 30 heavy (non-hydrogen) atoms. The van der Waals surface area contributed by atoms with Crippen LogP contribution in [0.15, 0.2) is 83.8 Å². The van der Waals surface area contributed by atoms with Crippen LogP contribution in [0.2, 0.25) is 0 Å². The van der Waals surface area contributed by atoms with Crippen molar-refractivity contribution in [3.8, 4) is 11.5 Å². The van der Waals surface area contributed by atoms with E-state index in [4.69, 9.17) is 4.74 Å². The first-order valence-corrected chi connectivity index (χ1v) is 9.83. The van der Waals surface area contributed by atoms with Crippen LogP contribution in [0.1, 0.15) is 22.8 Å². The van der Waals surface area contributed by atoms with Gasteiger partial charge in [0.2, 0.25) is 5.43 Å². The molecule has 0 spiro atoms. The van der Waals surface area contributed by atoms with Crippen molar-refractivity contribution in [1.29, 1.82) is 0 Å². The molecule has 0 aliphatic heterocycles. The van der Waals surface area contributed by atoms with E-state index >= 15 is 0 Å². The second-order valence-electron chi connectivity index (χ2n) is 7.07. The van der Waals surface area contributed by atoms with Crippen molar-refractivity contribution in [2.24, 2.45) is 0 Å². The van der Waals surface area contributed by atoms with Crippen molar-refractivity contribution in [2.45, 2.75) is 20.4 Å². The van der Waals surface area contributed by atoms with E-state index in [1.807, 2.05) is 66.9 Å². The molecule has 5 nitrogen and oxygen atoms in total. The van der Waals surface area contributed by atoms with Crippen molar-refractivity contribution in [2.75, 3.05) is 5.32 Å². The minimum atomic E-state index is -0.428. The summed E-state index contributed by atoms with van der Waals surface area (Å²) in [5, 5.41) is 3.36. The van der Waals surface area contributed by atoms with E-state index in [1.165, 1.54) is 0 Å². The predicted octanol–water partition coefficient (Wildman–Crippen LogP) is 5.37. The molecule has 5 heteroatoms. The summed E-state index contributed by atoms with van der Waals surface area (Å²) in [6.45, 7) is 4.57. The number of carbonyl (C=O) groups excluding carboxylic acids is 1. The molecule has 1 N–H and O–H groups in total. The van der Waals surface area contributed by atoms with E-state index in [9.17, 15) is 9.59 Å². The van der Waals surface area contributed by atoms with E-state index in [2.05, 4.69) is 5.32 Å². The number of rotatable bonds is 5. The van der Waals surface area contributed by atoms with E-state index < -0.39 is 5.91 Å². The van der Waals surface area contributed by atoms with Crippen LogP contribution in [-0.2, 0) is 6.54 Å². The third-order valence-corrected chi connectivity index (χ3v) is 4.91. The van der Waals surface area contributed by atoms with Gasteiger partial charge < -0.3 is 14.6 Å². The molecule has 0 unspecified atom stereocenters. The fraction of sp³-hybridized carbons (Fsp3) is 0.120. The Morgan fingerprint density at radius 1 is 0.967 bits per heavy atom. The van der Waals surface area contributed by atoms with Crippen molar-refractivity contribution in [3.63, 3.8) is 0 Å². The number of amides is 1. The molecular weight excluding hydrogens is 376 g/mol. The molecule has 0 bridgehead atoms. The summed E-state index contributed by atoms with van der Waals surface area (Å²) >= 11 is 0. The second-order valence-corrected chi connectivity index (χ2v) is 7.07. The van der Waals surface area contributed by atoms with Crippen molar-refractivity contribution >= 4 is 22.5 Å². The zero-order valence-electron chi connectivity index (χ0n) is 16.9. The smallest absolute Gasteiger partial charge is 0.261 e. The second kappa shape index (κ2) is 8.25. The lowest BCUT2D eigenvalue weighted by atomic mass is 10.1. The standard InChI is InChI=1S/C25H22N2O3/c1-3-27-16-22(24(28)21-15-17(2)9-14-23(21)27)25(29)26-18-10-12-20(13-11-18)30-19-7-5-4-6-8-19/h4-16H,3H2,1-2H3,(H,26,29). The van der Waals surface area contributed by atoms with E-state index in [1.54, 1.807) is 30.5 Å². The molecule has 0 radical (unpaired) electrons. The summed E-state index contributed by atoms with van der Waals surface area (Å²) in [6.07, 6.45) is 1.63. The molecule has 1 aromatic heterocycles. The van der Waals surface area contributed by atoms with Gasteiger partial charge >= 0.3 is 0 Å². The van der Waals surface area contributed by atoms with Gasteiger partial charge in [-0.2, -0.15) is 0 Å². The number of anilines is 1. The highest BCUT2D eigenvalue weighted by molar-refractivity contribution is 6.05. The van der Waals surface area contributed by atoms with E-state index in [0.717, 1.165) is 16.8 Å². The Kier molecular flexibility index (Phi) is 5.35. The average molecular weight is 398 g/mol. The van der Waals surface area contributed by atoms with Gasteiger partial charge in [-0.25, -0.2) is 0 Å². The number of nitrogens with one attached hydrogen (secondary N) is 1. The summed E-state index contributed by atoms with van der Waals surface area (Å²) in [4.78, 5) is 25.8. The topological polar surface area (TPSA) is 60.3 Å². The molecular formula is C25H22N2O3. The fourth-order valence-corrected chi connectivity index (χ4v) is 3.36. The third kappa shape index (κ3) is 3.96. The molecule has 0 atom stereocenters. The maximum absolute atomic E-state index is 12.9. The van der Waals surface area contributed by atoms with Crippen molar-refractivity contribution in [3.05, 3.63) is 100 Å². The maximum Gasteiger partial charge on any atom is 0.261 e. The van der Waals surface area contributed by atoms with Crippen LogP contribution >= 0.6 is 0 Å². The Labute approximate surface area is 174 Å². The number of nitrogens with zero attached hydrogens (tertiary/aromatic N) is 1. The molecule has 4 rings (SSSR count). The molecule has 0 saturated heterocycles. The van der Waals surface area contributed by atoms with Gasteiger partial charge in [0.15, 0.2) is 0 Å². The molecule has 0 fully saturated rings. The summed E-state index contributed by atoms with van der Waals surface area (Å²) in [5.74, 6) is 0.969. The van der Waals surface area contributed by atoms with Crippen LogP contribution < -0.4 is 15.5 Å². The van der Waals surface area contributed by atoms with Crippen LogP contribution in [0.3, 0.4) is 0 Å². The molecule has 0 aliphatic rings. The lowest BCUT2D eigenvalue weighted by molar-refractivity contribution is 0.102. The van der Waals surface area contributed by atoms with Crippen LogP contribution in [0.5, 0.6) is 11.5 Å². The quantitative estimate of drug-likeness (QED) is 0.491. The number of hydrogen-bond acceptors (Lipinski definition) is 3. The molecule has 150 valence electrons. The van der Waals surface area contributed by atoms with Gasteiger partial charge in [0.05, 0.1) is 5.52 Å². The van der Waals surface area contributed by atoms with Gasteiger partial charge in [0.25, 0.3) is 5.91 Å². The third-order valence-electron chi connectivity index (χ3n) is 4.91. The highest BCUT2D eigenvalue weighted by Gasteiger charge is 2.15. The Bertz CT molecular complexity index is 1260. The Morgan fingerprint density at radius 2 is 1.67 bits per heavy atom. The number of benzene rings is 3. The predicted molar refractivity (Wildman–Crippen MR) is 120 cm³/mol. The monoisotopic (exact) mass is 398 g/mol. The summed E-state index contributed by atoms with van der Waals surface area (Å²) < 4.78 is 7.68. The first-order valence-electron chi connectivity index (χ1n) is 9.83. The zero-order valence-corrected chi connectivity index (χ0v) is 16.9. The van der Waals surface area contributed by atoms with E-state index in [-0.39, 0.29) is 11.0 Å².